The van der Waals surface area contributed by atoms with Gasteiger partial charge in [0.1, 0.15) is 5.82 Å². The Kier molecular flexibility index (Phi) is 13.3. The first-order valence-electron chi connectivity index (χ1n) is 7.92. The Morgan fingerprint density at radius 1 is 1.19 bits per heavy atom. The summed E-state index contributed by atoms with van der Waals surface area (Å²) in [6.07, 6.45) is 0. The van der Waals surface area contributed by atoms with Crippen molar-refractivity contribution in [1.29, 1.82) is 0 Å². The van der Waals surface area contributed by atoms with Crippen LogP contribution < -0.4 is 16.4 Å². The van der Waals surface area contributed by atoms with Crippen molar-refractivity contribution >= 4 is 36.6 Å². The Morgan fingerprint density at radius 3 is 2.35 bits per heavy atom. The number of halogens is 3. The zero-order valence-corrected chi connectivity index (χ0v) is 17.2. The van der Waals surface area contributed by atoms with Crippen LogP contribution in [0.3, 0.4) is 0 Å². The molecule has 1 rings (SSSR count). The standard InChI is InChI=1S/C17H27FN4O2.2ClH/c1-11(2)16(19)17(24)21-9-15(23)20-8-12-5-6-14(18)13(7-12)10-22(3)4;;/h5-7,11,16H,8-10,19H2,1-4H3,(H,20,23)(H,21,24);2*1H/t16-;;/m0../s1. The fourth-order valence-electron chi connectivity index (χ4n) is 2.05. The summed E-state index contributed by atoms with van der Waals surface area (Å²) in [4.78, 5) is 25.3. The third-order valence-electron chi connectivity index (χ3n) is 3.53. The van der Waals surface area contributed by atoms with Crippen molar-refractivity contribution in [3.8, 4) is 0 Å². The van der Waals surface area contributed by atoms with Gasteiger partial charge in [-0.15, -0.1) is 24.8 Å². The Bertz CT molecular complexity index is 586. The summed E-state index contributed by atoms with van der Waals surface area (Å²) < 4.78 is 13.7. The van der Waals surface area contributed by atoms with Gasteiger partial charge in [-0.2, -0.15) is 0 Å². The van der Waals surface area contributed by atoms with E-state index < -0.39 is 6.04 Å². The van der Waals surface area contributed by atoms with Crippen LogP contribution in [-0.4, -0.2) is 43.4 Å². The average Bonchev–Trinajstić information content (AvgIpc) is 2.51. The van der Waals surface area contributed by atoms with Gasteiger partial charge < -0.3 is 21.3 Å². The fraction of sp³-hybridized carbons (Fsp3) is 0.529. The van der Waals surface area contributed by atoms with Crippen LogP contribution in [0.1, 0.15) is 25.0 Å². The number of amides is 2. The number of carbonyl (C=O) groups excluding carboxylic acids is 2. The monoisotopic (exact) mass is 410 g/mol. The highest BCUT2D eigenvalue weighted by molar-refractivity contribution is 5.87. The number of rotatable bonds is 8. The molecular weight excluding hydrogens is 382 g/mol. The van der Waals surface area contributed by atoms with Crippen molar-refractivity contribution in [2.75, 3.05) is 20.6 Å². The van der Waals surface area contributed by atoms with Crippen LogP contribution in [0.5, 0.6) is 0 Å². The lowest BCUT2D eigenvalue weighted by molar-refractivity contribution is -0.127. The van der Waals surface area contributed by atoms with Crippen LogP contribution in [0.4, 0.5) is 4.39 Å². The molecule has 0 aliphatic rings. The Labute approximate surface area is 166 Å². The van der Waals surface area contributed by atoms with E-state index in [0.29, 0.717) is 12.1 Å². The van der Waals surface area contributed by atoms with E-state index in [1.807, 2.05) is 32.8 Å². The zero-order valence-electron chi connectivity index (χ0n) is 15.5. The van der Waals surface area contributed by atoms with E-state index in [1.54, 1.807) is 12.1 Å². The largest absolute Gasteiger partial charge is 0.350 e. The smallest absolute Gasteiger partial charge is 0.239 e. The van der Waals surface area contributed by atoms with Gasteiger partial charge in [0.25, 0.3) is 0 Å². The average molecular weight is 411 g/mol. The lowest BCUT2D eigenvalue weighted by atomic mass is 10.1. The molecule has 6 nitrogen and oxygen atoms in total. The normalized spacial score (nSPS) is 11.4. The van der Waals surface area contributed by atoms with Gasteiger partial charge in [-0.05, 0) is 37.7 Å². The molecule has 0 saturated carbocycles. The Morgan fingerprint density at radius 2 is 1.81 bits per heavy atom. The van der Waals surface area contributed by atoms with E-state index in [2.05, 4.69) is 10.6 Å². The van der Waals surface area contributed by atoms with E-state index in [0.717, 1.165) is 5.56 Å². The minimum atomic E-state index is -0.636. The molecule has 0 spiro atoms. The van der Waals surface area contributed by atoms with E-state index in [4.69, 9.17) is 5.73 Å². The van der Waals surface area contributed by atoms with Crippen LogP contribution >= 0.6 is 24.8 Å². The lowest BCUT2D eigenvalue weighted by Crippen LogP contribution is -2.47. The van der Waals surface area contributed by atoms with Gasteiger partial charge in [0, 0.05) is 18.7 Å². The summed E-state index contributed by atoms with van der Waals surface area (Å²) in [6, 6.07) is 4.11. The first kappa shape index (κ1) is 26.8. The highest BCUT2D eigenvalue weighted by atomic mass is 35.5. The van der Waals surface area contributed by atoms with E-state index in [9.17, 15) is 14.0 Å². The Balaban J connectivity index is 0. The summed E-state index contributed by atoms with van der Waals surface area (Å²) in [7, 11) is 3.72. The van der Waals surface area contributed by atoms with Gasteiger partial charge in [-0.25, -0.2) is 4.39 Å². The fourth-order valence-corrected chi connectivity index (χ4v) is 2.05. The first-order chi connectivity index (χ1) is 11.2. The quantitative estimate of drug-likeness (QED) is 0.604. The minimum absolute atomic E-state index is 0. The van der Waals surface area contributed by atoms with Crippen LogP contribution in [-0.2, 0) is 22.7 Å². The van der Waals surface area contributed by atoms with Crippen LogP contribution in [0.15, 0.2) is 18.2 Å². The molecule has 2 amide bonds. The number of benzene rings is 1. The molecule has 0 aliphatic carbocycles. The number of nitrogens with one attached hydrogen (secondary N) is 2. The SMILES string of the molecule is CC(C)[C@H](N)C(=O)NCC(=O)NCc1ccc(F)c(CN(C)C)c1.Cl.Cl. The highest BCUT2D eigenvalue weighted by Crippen LogP contribution is 2.12. The molecule has 1 aromatic carbocycles. The molecule has 26 heavy (non-hydrogen) atoms. The predicted octanol–water partition coefficient (Wildman–Crippen LogP) is 1.45. The van der Waals surface area contributed by atoms with Crippen molar-refractivity contribution in [2.45, 2.75) is 33.0 Å². The molecule has 0 fully saturated rings. The summed E-state index contributed by atoms with van der Waals surface area (Å²) in [5, 5.41) is 5.20. The zero-order chi connectivity index (χ0) is 18.3. The molecule has 0 unspecified atom stereocenters. The number of hydrogen-bond donors (Lipinski definition) is 3. The summed E-state index contributed by atoms with van der Waals surface area (Å²) >= 11 is 0. The molecular formula is C17H29Cl2FN4O2. The molecule has 0 aliphatic heterocycles. The molecule has 9 heteroatoms. The van der Waals surface area contributed by atoms with Gasteiger partial charge in [-0.3, -0.25) is 9.59 Å². The van der Waals surface area contributed by atoms with Crippen LogP contribution in [0.25, 0.3) is 0 Å². The topological polar surface area (TPSA) is 87.5 Å². The predicted molar refractivity (Wildman–Crippen MR) is 106 cm³/mol. The van der Waals surface area contributed by atoms with E-state index in [1.165, 1.54) is 6.07 Å². The van der Waals surface area contributed by atoms with Gasteiger partial charge in [-0.1, -0.05) is 19.9 Å². The van der Waals surface area contributed by atoms with Gasteiger partial charge >= 0.3 is 0 Å². The summed E-state index contributed by atoms with van der Waals surface area (Å²) in [5.74, 6) is -0.941. The first-order valence-corrected chi connectivity index (χ1v) is 7.92. The molecule has 150 valence electrons. The van der Waals surface area contributed by atoms with Gasteiger partial charge in [0.05, 0.1) is 12.6 Å². The molecule has 1 atom stereocenters. The van der Waals surface area contributed by atoms with Crippen molar-refractivity contribution < 1.29 is 14.0 Å². The summed E-state index contributed by atoms with van der Waals surface area (Å²) in [6.45, 7) is 4.29. The molecule has 0 heterocycles. The number of hydrogen-bond acceptors (Lipinski definition) is 4. The second kappa shape index (κ2) is 12.9. The van der Waals surface area contributed by atoms with Crippen LogP contribution in [0, 0.1) is 11.7 Å². The molecule has 0 saturated heterocycles. The van der Waals surface area contributed by atoms with E-state index in [-0.39, 0.29) is 61.5 Å². The van der Waals surface area contributed by atoms with Gasteiger partial charge in [0.15, 0.2) is 0 Å². The third kappa shape index (κ3) is 9.33. The molecule has 0 bridgehead atoms. The summed E-state index contributed by atoms with van der Waals surface area (Å²) in [5.41, 5.74) is 7.07. The molecule has 1 aromatic rings. The van der Waals surface area contributed by atoms with Crippen molar-refractivity contribution in [3.63, 3.8) is 0 Å². The highest BCUT2D eigenvalue weighted by Gasteiger charge is 2.17. The maximum Gasteiger partial charge on any atom is 0.239 e. The second-order valence-corrected chi connectivity index (χ2v) is 6.43. The van der Waals surface area contributed by atoms with Crippen molar-refractivity contribution in [3.05, 3.63) is 35.1 Å². The molecule has 0 radical (unpaired) electrons. The number of nitrogens with zero attached hydrogens (tertiary/aromatic N) is 1. The molecule has 0 aromatic heterocycles. The maximum absolute atomic E-state index is 13.7. The van der Waals surface area contributed by atoms with Gasteiger partial charge in [0.2, 0.25) is 11.8 Å². The van der Waals surface area contributed by atoms with Crippen LogP contribution in [0.2, 0.25) is 0 Å². The van der Waals surface area contributed by atoms with Crippen molar-refractivity contribution in [2.24, 2.45) is 11.7 Å². The lowest BCUT2D eigenvalue weighted by Gasteiger charge is -2.15. The molecule has 4 N–H and O–H groups in total. The minimum Gasteiger partial charge on any atom is -0.350 e. The number of nitrogens with two attached hydrogens (primary N) is 1. The Hall–Kier alpha value is -1.41. The van der Waals surface area contributed by atoms with Crippen molar-refractivity contribution in [1.82, 2.24) is 15.5 Å². The second-order valence-electron chi connectivity index (χ2n) is 6.43. The number of carbonyl (C=O) groups is 2. The third-order valence-corrected chi connectivity index (χ3v) is 3.53. The van der Waals surface area contributed by atoms with E-state index >= 15 is 0 Å². The maximum atomic E-state index is 13.7.